The molecule has 0 fully saturated rings. The lowest BCUT2D eigenvalue weighted by Gasteiger charge is -2.02. The number of fused-ring (bicyclic) bond motifs is 1. The summed E-state index contributed by atoms with van der Waals surface area (Å²) in [6.45, 7) is 0.381. The molecule has 0 amide bonds. The van der Waals surface area contributed by atoms with Crippen molar-refractivity contribution in [3.8, 4) is 0 Å². The van der Waals surface area contributed by atoms with E-state index in [0.717, 1.165) is 0 Å². The Morgan fingerprint density at radius 2 is 2.24 bits per heavy atom. The fourth-order valence-corrected chi connectivity index (χ4v) is 1.76. The number of anilines is 1. The van der Waals surface area contributed by atoms with Crippen LogP contribution in [0.2, 0.25) is 0 Å². The molecule has 0 aliphatic rings. The van der Waals surface area contributed by atoms with Crippen molar-refractivity contribution in [3.05, 3.63) is 42.0 Å². The lowest BCUT2D eigenvalue weighted by molar-refractivity contribution is 0.378. The molecule has 0 spiro atoms. The molecule has 0 saturated carbocycles. The minimum absolute atomic E-state index is 0.321. The minimum atomic E-state index is -0.323. The molecule has 1 aromatic carbocycles. The van der Waals surface area contributed by atoms with E-state index in [0.29, 0.717) is 29.3 Å². The van der Waals surface area contributed by atoms with Gasteiger partial charge in [0.25, 0.3) is 0 Å². The number of nitrogens with zero attached hydrogens (tertiary/aromatic N) is 3. The van der Waals surface area contributed by atoms with E-state index in [-0.39, 0.29) is 5.82 Å². The second-order valence-corrected chi connectivity index (χ2v) is 3.67. The van der Waals surface area contributed by atoms with Gasteiger partial charge in [-0.2, -0.15) is 0 Å². The highest BCUT2D eigenvalue weighted by molar-refractivity contribution is 5.78. The van der Waals surface area contributed by atoms with Crippen LogP contribution in [0.5, 0.6) is 0 Å². The van der Waals surface area contributed by atoms with Crippen LogP contribution < -0.4 is 5.73 Å². The van der Waals surface area contributed by atoms with Gasteiger partial charge in [-0.25, -0.2) is 9.37 Å². The average Bonchev–Trinajstić information content (AvgIpc) is 2.90. The summed E-state index contributed by atoms with van der Waals surface area (Å²) in [4.78, 5) is 4.15. The Labute approximate surface area is 95.6 Å². The van der Waals surface area contributed by atoms with Crippen LogP contribution in [0.25, 0.3) is 11.0 Å². The van der Waals surface area contributed by atoms with Crippen molar-refractivity contribution in [2.45, 2.75) is 6.54 Å². The molecule has 2 heterocycles. The Bertz CT molecular complexity index is 659. The summed E-state index contributed by atoms with van der Waals surface area (Å²) < 4.78 is 19.9. The van der Waals surface area contributed by atoms with E-state index in [1.165, 1.54) is 12.1 Å². The molecular weight excluding hydrogens is 223 g/mol. The van der Waals surface area contributed by atoms with Crippen molar-refractivity contribution < 1.29 is 8.91 Å². The maximum atomic E-state index is 13.2. The molecule has 5 nitrogen and oxygen atoms in total. The van der Waals surface area contributed by atoms with Crippen LogP contribution in [0, 0.1) is 5.82 Å². The molecule has 2 N–H and O–H groups in total. The van der Waals surface area contributed by atoms with E-state index in [1.54, 1.807) is 22.9 Å². The van der Waals surface area contributed by atoms with Crippen molar-refractivity contribution >= 4 is 17.0 Å². The summed E-state index contributed by atoms with van der Waals surface area (Å²) >= 11 is 0. The Morgan fingerprint density at radius 1 is 1.35 bits per heavy atom. The third kappa shape index (κ3) is 1.63. The Morgan fingerprint density at radius 3 is 3.00 bits per heavy atom. The minimum Gasteiger partial charge on any atom is -0.369 e. The quantitative estimate of drug-likeness (QED) is 0.731. The normalized spacial score (nSPS) is 11.1. The number of aromatic nitrogens is 3. The monoisotopic (exact) mass is 232 g/mol. The van der Waals surface area contributed by atoms with E-state index >= 15 is 0 Å². The molecule has 6 heteroatoms. The van der Waals surface area contributed by atoms with Crippen LogP contribution >= 0.6 is 0 Å². The van der Waals surface area contributed by atoms with Crippen molar-refractivity contribution in [3.63, 3.8) is 0 Å². The van der Waals surface area contributed by atoms with Crippen molar-refractivity contribution in [2.24, 2.45) is 0 Å². The summed E-state index contributed by atoms with van der Waals surface area (Å²) in [5.74, 6) is 0.637. The Balaban J connectivity index is 2.14. The van der Waals surface area contributed by atoms with Gasteiger partial charge in [-0.15, -0.1) is 0 Å². The maximum absolute atomic E-state index is 13.2. The first-order valence-corrected chi connectivity index (χ1v) is 5.05. The zero-order chi connectivity index (χ0) is 11.8. The highest BCUT2D eigenvalue weighted by Gasteiger charge is 2.10. The van der Waals surface area contributed by atoms with Gasteiger partial charge in [0.05, 0.1) is 23.8 Å². The summed E-state index contributed by atoms with van der Waals surface area (Å²) in [5.41, 5.74) is 7.08. The topological polar surface area (TPSA) is 69.9 Å². The summed E-state index contributed by atoms with van der Waals surface area (Å²) in [5, 5.41) is 3.61. The highest BCUT2D eigenvalue weighted by Crippen LogP contribution is 2.20. The van der Waals surface area contributed by atoms with Crippen LogP contribution in [0.15, 0.2) is 35.0 Å². The van der Waals surface area contributed by atoms with Crippen LogP contribution in [0.4, 0.5) is 10.3 Å². The fraction of sp³-hybridized carbons (Fsp3) is 0.0909. The fourth-order valence-electron chi connectivity index (χ4n) is 1.76. The number of rotatable bonds is 2. The second-order valence-electron chi connectivity index (χ2n) is 3.67. The van der Waals surface area contributed by atoms with E-state index in [2.05, 4.69) is 10.1 Å². The highest BCUT2D eigenvalue weighted by atomic mass is 19.1. The first-order valence-electron chi connectivity index (χ1n) is 5.05. The number of nitrogens with two attached hydrogens (primary N) is 1. The molecule has 3 aromatic rings. The van der Waals surface area contributed by atoms with Crippen molar-refractivity contribution in [2.75, 3.05) is 5.73 Å². The summed E-state index contributed by atoms with van der Waals surface area (Å²) in [6.07, 6.45) is 1.55. The lowest BCUT2D eigenvalue weighted by Crippen LogP contribution is -2.03. The molecular formula is C11H9FN4O. The zero-order valence-electron chi connectivity index (χ0n) is 8.80. The number of halogens is 1. The van der Waals surface area contributed by atoms with E-state index in [1.807, 2.05) is 0 Å². The standard InChI is InChI=1S/C11H9FN4O/c12-7-1-2-9-10(5-7)16(11(13)15-9)6-8-3-4-14-17-8/h1-5H,6H2,(H2,13,15). The molecule has 0 radical (unpaired) electrons. The predicted octanol–water partition coefficient (Wildman–Crippen LogP) is 1.79. The van der Waals surface area contributed by atoms with Gasteiger partial charge in [-0.05, 0) is 18.2 Å². The van der Waals surface area contributed by atoms with Crippen LogP contribution in [-0.4, -0.2) is 14.7 Å². The third-order valence-corrected chi connectivity index (χ3v) is 2.55. The van der Waals surface area contributed by atoms with Gasteiger partial charge >= 0.3 is 0 Å². The number of nitrogen functional groups attached to an aromatic ring is 1. The number of imidazole rings is 1. The van der Waals surface area contributed by atoms with Crippen LogP contribution in [0.3, 0.4) is 0 Å². The number of benzene rings is 1. The molecule has 0 aliphatic heterocycles. The number of hydrogen-bond donors (Lipinski definition) is 1. The SMILES string of the molecule is Nc1nc2ccc(F)cc2n1Cc1ccno1. The average molecular weight is 232 g/mol. The molecule has 0 atom stereocenters. The molecule has 86 valence electrons. The summed E-state index contributed by atoms with van der Waals surface area (Å²) in [6, 6.07) is 6.07. The van der Waals surface area contributed by atoms with Crippen LogP contribution in [0.1, 0.15) is 5.76 Å². The van der Waals surface area contributed by atoms with Gasteiger partial charge < -0.3 is 14.8 Å². The number of hydrogen-bond acceptors (Lipinski definition) is 4. The smallest absolute Gasteiger partial charge is 0.201 e. The zero-order valence-corrected chi connectivity index (χ0v) is 8.80. The van der Waals surface area contributed by atoms with Crippen molar-refractivity contribution in [1.82, 2.24) is 14.7 Å². The van der Waals surface area contributed by atoms with Gasteiger partial charge in [-0.3, -0.25) is 0 Å². The van der Waals surface area contributed by atoms with Gasteiger partial charge in [0.15, 0.2) is 5.76 Å². The largest absolute Gasteiger partial charge is 0.369 e. The third-order valence-electron chi connectivity index (χ3n) is 2.55. The Kier molecular flexibility index (Phi) is 2.07. The van der Waals surface area contributed by atoms with Gasteiger partial charge in [0.2, 0.25) is 5.95 Å². The molecule has 0 aliphatic carbocycles. The summed E-state index contributed by atoms with van der Waals surface area (Å²) in [7, 11) is 0. The van der Waals surface area contributed by atoms with E-state index in [9.17, 15) is 4.39 Å². The lowest BCUT2D eigenvalue weighted by atomic mass is 10.3. The van der Waals surface area contributed by atoms with Gasteiger partial charge in [0, 0.05) is 6.07 Å². The molecule has 0 unspecified atom stereocenters. The molecule has 2 aromatic heterocycles. The second kappa shape index (κ2) is 3.58. The first kappa shape index (κ1) is 9.83. The van der Waals surface area contributed by atoms with Gasteiger partial charge in [-0.1, -0.05) is 5.16 Å². The van der Waals surface area contributed by atoms with E-state index < -0.39 is 0 Å². The predicted molar refractivity (Wildman–Crippen MR) is 59.7 cm³/mol. The molecule has 0 saturated heterocycles. The Hall–Kier alpha value is -2.37. The molecule has 0 bridgehead atoms. The first-order chi connectivity index (χ1) is 8.24. The van der Waals surface area contributed by atoms with Gasteiger partial charge in [0.1, 0.15) is 5.82 Å². The van der Waals surface area contributed by atoms with E-state index in [4.69, 9.17) is 10.3 Å². The molecule has 3 rings (SSSR count). The molecule has 17 heavy (non-hydrogen) atoms. The van der Waals surface area contributed by atoms with Crippen LogP contribution in [-0.2, 0) is 6.54 Å². The van der Waals surface area contributed by atoms with Crippen molar-refractivity contribution in [1.29, 1.82) is 0 Å². The maximum Gasteiger partial charge on any atom is 0.201 e.